The molecule has 0 radical (unpaired) electrons. The summed E-state index contributed by atoms with van der Waals surface area (Å²) in [7, 11) is 0. The first kappa shape index (κ1) is 16.5. The molecule has 0 aliphatic carbocycles. The van der Waals surface area contributed by atoms with Gasteiger partial charge in [0, 0.05) is 14.5 Å². The minimum Gasteiger partial charge on any atom is -0.493 e. The van der Waals surface area contributed by atoms with E-state index in [9.17, 15) is 0 Å². The topological polar surface area (TPSA) is 27.7 Å². The number of benzene rings is 3. The Morgan fingerprint density at radius 1 is 1.00 bits per heavy atom. The van der Waals surface area contributed by atoms with E-state index in [1.54, 1.807) is 0 Å². The van der Waals surface area contributed by atoms with Crippen LogP contribution in [0.2, 0.25) is 0 Å². The van der Waals surface area contributed by atoms with Gasteiger partial charge in [-0.3, -0.25) is 0 Å². The predicted molar refractivity (Wildman–Crippen MR) is 109 cm³/mol. The summed E-state index contributed by atoms with van der Waals surface area (Å²) < 4.78 is 18.5. The van der Waals surface area contributed by atoms with Crippen LogP contribution < -0.4 is 14.2 Å². The van der Waals surface area contributed by atoms with Crippen LogP contribution in [0.1, 0.15) is 19.8 Å². The fourth-order valence-electron chi connectivity index (χ4n) is 3.09. The van der Waals surface area contributed by atoms with Gasteiger partial charge in [-0.15, -0.1) is 0 Å². The van der Waals surface area contributed by atoms with Crippen LogP contribution in [0.4, 0.5) is 0 Å². The average Bonchev–Trinajstić information content (AvgIpc) is 3.08. The zero-order valence-electron chi connectivity index (χ0n) is 14.0. The lowest BCUT2D eigenvalue weighted by molar-refractivity contribution is 0.174. The molecule has 3 aromatic carbocycles. The quantitative estimate of drug-likeness (QED) is 0.355. The zero-order valence-corrected chi connectivity index (χ0v) is 16.2. The third-order valence-corrected chi connectivity index (χ3v) is 5.21. The van der Waals surface area contributed by atoms with Gasteiger partial charge < -0.3 is 14.2 Å². The summed E-state index contributed by atoms with van der Waals surface area (Å²) in [6.45, 7) is 3.16. The van der Waals surface area contributed by atoms with Gasteiger partial charge in [-0.05, 0) is 58.2 Å². The molecule has 0 amide bonds. The van der Waals surface area contributed by atoms with Gasteiger partial charge in [0.2, 0.25) is 6.79 Å². The van der Waals surface area contributed by atoms with Crippen molar-refractivity contribution in [2.45, 2.75) is 19.8 Å². The molecule has 1 heterocycles. The minimum absolute atomic E-state index is 0.273. The Morgan fingerprint density at radius 3 is 2.44 bits per heavy atom. The standard InChI is InChI=1S/C21H19IO3/c1-2-3-9-23-18-12-17(22)21(14-7-5-4-6-8-14)16-11-20-19(10-15(16)18)24-13-25-20/h4-8,10-12H,2-3,9,13H2,1H3. The predicted octanol–water partition coefficient (Wildman–Crippen LogP) is 6.02. The zero-order chi connectivity index (χ0) is 17.2. The van der Waals surface area contributed by atoms with E-state index < -0.39 is 0 Å². The molecule has 128 valence electrons. The Balaban J connectivity index is 1.93. The van der Waals surface area contributed by atoms with Gasteiger partial charge in [-0.2, -0.15) is 0 Å². The summed E-state index contributed by atoms with van der Waals surface area (Å²) >= 11 is 2.39. The van der Waals surface area contributed by atoms with Crippen molar-refractivity contribution in [3.8, 4) is 28.4 Å². The van der Waals surface area contributed by atoms with Crippen LogP contribution in [-0.4, -0.2) is 13.4 Å². The number of unbranched alkanes of at least 4 members (excludes halogenated alkanes) is 1. The number of hydrogen-bond acceptors (Lipinski definition) is 3. The van der Waals surface area contributed by atoms with Crippen LogP contribution >= 0.6 is 22.6 Å². The Morgan fingerprint density at radius 2 is 1.72 bits per heavy atom. The van der Waals surface area contributed by atoms with Crippen molar-refractivity contribution >= 4 is 33.4 Å². The number of hydrogen-bond donors (Lipinski definition) is 0. The van der Waals surface area contributed by atoms with Gasteiger partial charge in [-0.1, -0.05) is 43.7 Å². The van der Waals surface area contributed by atoms with Gasteiger partial charge >= 0.3 is 0 Å². The van der Waals surface area contributed by atoms with Gasteiger partial charge in [0.25, 0.3) is 0 Å². The number of ether oxygens (including phenoxy) is 3. The van der Waals surface area contributed by atoms with Crippen LogP contribution in [0, 0.1) is 3.57 Å². The summed E-state index contributed by atoms with van der Waals surface area (Å²) in [4.78, 5) is 0. The molecule has 1 aliphatic rings. The van der Waals surface area contributed by atoms with Crippen molar-refractivity contribution in [2.75, 3.05) is 13.4 Å². The molecule has 0 saturated carbocycles. The largest absolute Gasteiger partial charge is 0.493 e. The first-order chi connectivity index (χ1) is 12.3. The third kappa shape index (κ3) is 3.15. The summed E-state index contributed by atoms with van der Waals surface area (Å²) in [5, 5.41) is 2.20. The molecule has 0 fully saturated rings. The second-order valence-electron chi connectivity index (χ2n) is 6.05. The van der Waals surface area contributed by atoms with E-state index in [0.717, 1.165) is 47.5 Å². The lowest BCUT2D eigenvalue weighted by Gasteiger charge is -2.15. The number of rotatable bonds is 5. The fourth-order valence-corrected chi connectivity index (χ4v) is 3.98. The highest BCUT2D eigenvalue weighted by atomic mass is 127. The summed E-state index contributed by atoms with van der Waals surface area (Å²) in [6.07, 6.45) is 2.16. The van der Waals surface area contributed by atoms with E-state index in [1.807, 2.05) is 12.1 Å². The molecule has 0 bridgehead atoms. The number of fused-ring (bicyclic) bond motifs is 2. The maximum Gasteiger partial charge on any atom is 0.231 e. The molecule has 0 atom stereocenters. The Hall–Kier alpha value is -1.95. The van der Waals surface area contributed by atoms with Gasteiger partial charge in [0.15, 0.2) is 11.5 Å². The lowest BCUT2D eigenvalue weighted by atomic mass is 9.97. The van der Waals surface area contributed by atoms with Crippen LogP contribution in [0.3, 0.4) is 0 Å². The number of halogens is 1. The molecule has 3 aromatic rings. The van der Waals surface area contributed by atoms with Gasteiger partial charge in [-0.25, -0.2) is 0 Å². The second kappa shape index (κ2) is 7.12. The van der Waals surface area contributed by atoms with Crippen molar-refractivity contribution in [3.05, 3.63) is 52.1 Å². The van der Waals surface area contributed by atoms with Crippen molar-refractivity contribution < 1.29 is 14.2 Å². The van der Waals surface area contributed by atoms with Crippen LogP contribution in [0.5, 0.6) is 17.2 Å². The molecule has 0 aromatic heterocycles. The van der Waals surface area contributed by atoms with Crippen LogP contribution in [-0.2, 0) is 0 Å². The van der Waals surface area contributed by atoms with Crippen molar-refractivity contribution in [1.82, 2.24) is 0 Å². The molecular formula is C21H19IO3. The van der Waals surface area contributed by atoms with E-state index >= 15 is 0 Å². The Kier molecular flexibility index (Phi) is 4.70. The monoisotopic (exact) mass is 446 g/mol. The summed E-state index contributed by atoms with van der Waals surface area (Å²) in [6, 6.07) is 16.7. The highest BCUT2D eigenvalue weighted by molar-refractivity contribution is 14.1. The average molecular weight is 446 g/mol. The Labute approximate surface area is 161 Å². The molecule has 25 heavy (non-hydrogen) atoms. The van der Waals surface area contributed by atoms with E-state index in [0.29, 0.717) is 0 Å². The van der Waals surface area contributed by atoms with Crippen LogP contribution in [0.25, 0.3) is 21.9 Å². The smallest absolute Gasteiger partial charge is 0.231 e. The summed E-state index contributed by atoms with van der Waals surface area (Å²) in [5.41, 5.74) is 2.40. The van der Waals surface area contributed by atoms with E-state index in [4.69, 9.17) is 14.2 Å². The molecule has 3 nitrogen and oxygen atoms in total. The first-order valence-electron chi connectivity index (χ1n) is 8.52. The maximum atomic E-state index is 6.09. The molecular weight excluding hydrogens is 427 g/mol. The second-order valence-corrected chi connectivity index (χ2v) is 7.21. The highest BCUT2D eigenvalue weighted by Gasteiger charge is 2.20. The van der Waals surface area contributed by atoms with E-state index in [-0.39, 0.29) is 6.79 Å². The molecule has 4 heteroatoms. The SMILES string of the molecule is CCCCOc1cc(I)c(-c2ccccc2)c2cc3c(cc12)OCO3. The first-order valence-corrected chi connectivity index (χ1v) is 9.60. The third-order valence-electron chi connectivity index (χ3n) is 4.36. The molecule has 4 rings (SSSR count). The molecule has 0 spiro atoms. The van der Waals surface area contributed by atoms with Crippen molar-refractivity contribution in [3.63, 3.8) is 0 Å². The molecule has 0 saturated heterocycles. The minimum atomic E-state index is 0.273. The molecule has 0 unspecified atom stereocenters. The van der Waals surface area contributed by atoms with Gasteiger partial charge in [0.1, 0.15) is 5.75 Å². The van der Waals surface area contributed by atoms with Crippen molar-refractivity contribution in [2.24, 2.45) is 0 Å². The maximum absolute atomic E-state index is 6.09. The fraction of sp³-hybridized carbons (Fsp3) is 0.238. The van der Waals surface area contributed by atoms with E-state index in [2.05, 4.69) is 65.9 Å². The highest BCUT2D eigenvalue weighted by Crippen LogP contribution is 2.44. The normalized spacial score (nSPS) is 12.6. The van der Waals surface area contributed by atoms with Gasteiger partial charge in [0.05, 0.1) is 6.61 Å². The lowest BCUT2D eigenvalue weighted by Crippen LogP contribution is -1.99. The molecule has 1 aliphatic heterocycles. The summed E-state index contributed by atoms with van der Waals surface area (Å²) in [5.74, 6) is 2.49. The van der Waals surface area contributed by atoms with Crippen molar-refractivity contribution in [1.29, 1.82) is 0 Å². The Bertz CT molecular complexity index is 906. The van der Waals surface area contributed by atoms with Crippen LogP contribution in [0.15, 0.2) is 48.5 Å². The molecule has 0 N–H and O–H groups in total. The van der Waals surface area contributed by atoms with E-state index in [1.165, 1.54) is 14.7 Å².